The molecule has 2 fully saturated rings. The van der Waals surface area contributed by atoms with Gasteiger partial charge in [-0.2, -0.15) is 0 Å². The van der Waals surface area contributed by atoms with Crippen LogP contribution in [0.25, 0.3) is 0 Å². The molecule has 16 heavy (non-hydrogen) atoms. The highest BCUT2D eigenvalue weighted by Gasteiger charge is 2.69. The minimum absolute atomic E-state index is 0.480. The summed E-state index contributed by atoms with van der Waals surface area (Å²) in [6.07, 6.45) is 6.57. The van der Waals surface area contributed by atoms with Gasteiger partial charge in [0.05, 0.1) is 0 Å². The first-order valence-corrected chi connectivity index (χ1v) is 6.80. The van der Waals surface area contributed by atoms with Crippen molar-refractivity contribution in [3.05, 3.63) is 23.8 Å². The van der Waals surface area contributed by atoms with Crippen molar-refractivity contribution in [1.82, 2.24) is 0 Å². The lowest BCUT2D eigenvalue weighted by molar-refractivity contribution is 0.143. The molecular formula is C16H24. The van der Waals surface area contributed by atoms with Crippen molar-refractivity contribution in [3.63, 3.8) is 0 Å². The molecule has 0 spiro atoms. The van der Waals surface area contributed by atoms with E-state index in [0.717, 1.165) is 17.8 Å². The summed E-state index contributed by atoms with van der Waals surface area (Å²) in [7, 11) is 0. The third-order valence-corrected chi connectivity index (χ3v) is 6.03. The largest absolute Gasteiger partial charge is 0.0955 e. The minimum atomic E-state index is 0.480. The van der Waals surface area contributed by atoms with E-state index in [4.69, 9.17) is 0 Å². The van der Waals surface area contributed by atoms with Gasteiger partial charge in [-0.15, -0.1) is 0 Å². The predicted molar refractivity (Wildman–Crippen MR) is 69.1 cm³/mol. The van der Waals surface area contributed by atoms with Crippen LogP contribution in [0.4, 0.5) is 0 Å². The van der Waals surface area contributed by atoms with Gasteiger partial charge < -0.3 is 0 Å². The smallest absolute Gasteiger partial charge is 0.00480 e. The van der Waals surface area contributed by atoms with Crippen molar-refractivity contribution >= 4 is 0 Å². The maximum absolute atomic E-state index is 4.30. The second-order valence-electron chi connectivity index (χ2n) is 7.10. The van der Waals surface area contributed by atoms with Gasteiger partial charge in [-0.1, -0.05) is 51.5 Å². The molecule has 0 aromatic rings. The van der Waals surface area contributed by atoms with Crippen molar-refractivity contribution in [2.75, 3.05) is 0 Å². The van der Waals surface area contributed by atoms with Gasteiger partial charge in [-0.05, 0) is 47.8 Å². The average Bonchev–Trinajstić information content (AvgIpc) is 2.77. The Labute approximate surface area is 99.8 Å². The zero-order valence-corrected chi connectivity index (χ0v) is 11.1. The first-order chi connectivity index (χ1) is 7.40. The van der Waals surface area contributed by atoms with Crippen LogP contribution in [-0.4, -0.2) is 0 Å². The van der Waals surface area contributed by atoms with Gasteiger partial charge >= 0.3 is 0 Å². The second kappa shape index (κ2) is 2.83. The molecule has 2 saturated carbocycles. The molecule has 4 atom stereocenters. The number of hydrogen-bond acceptors (Lipinski definition) is 0. The zero-order chi connectivity index (χ0) is 11.7. The Kier molecular flexibility index (Phi) is 1.88. The Morgan fingerprint density at radius 3 is 2.69 bits per heavy atom. The molecular weight excluding hydrogens is 192 g/mol. The van der Waals surface area contributed by atoms with E-state index in [2.05, 4.69) is 40.3 Å². The maximum Gasteiger partial charge on any atom is -0.00480 e. The van der Waals surface area contributed by atoms with Crippen LogP contribution in [0.1, 0.15) is 47.0 Å². The standard InChI is InChI=1S/C16H24/c1-10-9-12-8-6-7-11(2)16(12,5)14-13(10)15(14,3)4/h9,11,13-14H,1,6-8H2,2-5H3/t11-,13+,14-,16+/m0/s1. The van der Waals surface area contributed by atoms with Gasteiger partial charge in [0.25, 0.3) is 0 Å². The molecule has 0 aromatic carbocycles. The van der Waals surface area contributed by atoms with Crippen LogP contribution >= 0.6 is 0 Å². The Morgan fingerprint density at radius 1 is 1.31 bits per heavy atom. The third-order valence-electron chi connectivity index (χ3n) is 6.03. The molecule has 0 N–H and O–H groups in total. The first-order valence-electron chi connectivity index (χ1n) is 6.80. The van der Waals surface area contributed by atoms with Gasteiger partial charge in [0.1, 0.15) is 0 Å². The van der Waals surface area contributed by atoms with Crippen molar-refractivity contribution in [3.8, 4) is 0 Å². The molecule has 0 aliphatic heterocycles. The van der Waals surface area contributed by atoms with E-state index < -0.39 is 0 Å². The molecule has 0 heterocycles. The Hall–Kier alpha value is -0.520. The molecule has 0 nitrogen and oxygen atoms in total. The third kappa shape index (κ3) is 1.02. The van der Waals surface area contributed by atoms with Crippen LogP contribution < -0.4 is 0 Å². The van der Waals surface area contributed by atoms with Crippen LogP contribution in [0.5, 0.6) is 0 Å². The molecule has 0 saturated heterocycles. The van der Waals surface area contributed by atoms with E-state index in [0.29, 0.717) is 10.8 Å². The summed E-state index contributed by atoms with van der Waals surface area (Å²) in [6.45, 7) is 14.2. The fourth-order valence-electron chi connectivity index (χ4n) is 4.98. The Bertz CT molecular complexity index is 385. The molecule has 3 aliphatic carbocycles. The predicted octanol–water partition coefficient (Wildman–Crippen LogP) is 4.58. The van der Waals surface area contributed by atoms with Crippen molar-refractivity contribution in [2.45, 2.75) is 47.0 Å². The normalized spacial score (nSPS) is 49.1. The summed E-state index contributed by atoms with van der Waals surface area (Å²) < 4.78 is 0. The van der Waals surface area contributed by atoms with Gasteiger partial charge in [0.15, 0.2) is 0 Å². The summed E-state index contributed by atoms with van der Waals surface area (Å²) in [5.41, 5.74) is 4.10. The Balaban J connectivity index is 2.10. The summed E-state index contributed by atoms with van der Waals surface area (Å²) in [6, 6.07) is 0. The molecule has 0 heteroatoms. The topological polar surface area (TPSA) is 0 Å². The van der Waals surface area contributed by atoms with Crippen LogP contribution in [0.15, 0.2) is 23.8 Å². The molecule has 0 amide bonds. The first kappa shape index (κ1) is 10.6. The number of fused-ring (bicyclic) bond motifs is 3. The second-order valence-corrected chi connectivity index (χ2v) is 7.10. The summed E-state index contributed by atoms with van der Waals surface area (Å²) in [4.78, 5) is 0. The lowest BCUT2D eigenvalue weighted by Crippen LogP contribution is -2.36. The monoisotopic (exact) mass is 216 g/mol. The summed E-state index contributed by atoms with van der Waals surface area (Å²) >= 11 is 0. The minimum Gasteiger partial charge on any atom is -0.0955 e. The molecule has 3 aliphatic rings. The fourth-order valence-corrected chi connectivity index (χ4v) is 4.98. The van der Waals surface area contributed by atoms with E-state index in [9.17, 15) is 0 Å². The van der Waals surface area contributed by atoms with Crippen LogP contribution in [0, 0.1) is 28.6 Å². The van der Waals surface area contributed by atoms with Gasteiger partial charge in [0.2, 0.25) is 0 Å². The lowest BCUT2D eigenvalue weighted by Gasteiger charge is -2.45. The molecule has 3 rings (SSSR count). The van der Waals surface area contributed by atoms with Gasteiger partial charge in [0, 0.05) is 0 Å². The van der Waals surface area contributed by atoms with E-state index in [1.165, 1.54) is 24.8 Å². The zero-order valence-electron chi connectivity index (χ0n) is 11.1. The maximum atomic E-state index is 4.30. The molecule has 0 radical (unpaired) electrons. The summed E-state index contributed by atoms with van der Waals surface area (Å²) in [5, 5.41) is 0. The van der Waals surface area contributed by atoms with Crippen LogP contribution in [0.3, 0.4) is 0 Å². The SMILES string of the molecule is C=C1C=C2CCC[C@H](C)[C@@]2(C)[C@H]2[C@@H]1C2(C)C. The van der Waals surface area contributed by atoms with Crippen molar-refractivity contribution in [2.24, 2.45) is 28.6 Å². The highest BCUT2D eigenvalue weighted by molar-refractivity contribution is 5.44. The van der Waals surface area contributed by atoms with Crippen molar-refractivity contribution in [1.29, 1.82) is 0 Å². The lowest BCUT2D eigenvalue weighted by atomic mass is 9.59. The Morgan fingerprint density at radius 2 is 2.00 bits per heavy atom. The van der Waals surface area contributed by atoms with Gasteiger partial charge in [-0.3, -0.25) is 0 Å². The number of allylic oxidation sites excluding steroid dienone is 3. The average molecular weight is 216 g/mol. The van der Waals surface area contributed by atoms with Crippen molar-refractivity contribution < 1.29 is 0 Å². The van der Waals surface area contributed by atoms with E-state index in [1.807, 2.05) is 0 Å². The number of rotatable bonds is 0. The van der Waals surface area contributed by atoms with Gasteiger partial charge in [-0.25, -0.2) is 0 Å². The molecule has 88 valence electrons. The number of hydrogen-bond donors (Lipinski definition) is 0. The quantitative estimate of drug-likeness (QED) is 0.556. The van der Waals surface area contributed by atoms with E-state index in [1.54, 1.807) is 5.57 Å². The van der Waals surface area contributed by atoms with Crippen LogP contribution in [-0.2, 0) is 0 Å². The highest BCUT2D eigenvalue weighted by Crippen LogP contribution is 2.75. The fraction of sp³-hybridized carbons (Fsp3) is 0.750. The molecule has 0 bridgehead atoms. The highest BCUT2D eigenvalue weighted by atomic mass is 14.7. The van der Waals surface area contributed by atoms with Crippen LogP contribution in [0.2, 0.25) is 0 Å². The molecule has 0 aromatic heterocycles. The van der Waals surface area contributed by atoms with E-state index >= 15 is 0 Å². The van der Waals surface area contributed by atoms with E-state index in [-0.39, 0.29) is 0 Å². The molecule has 0 unspecified atom stereocenters. The summed E-state index contributed by atoms with van der Waals surface area (Å²) in [5.74, 6) is 2.49.